The van der Waals surface area contributed by atoms with Crippen molar-refractivity contribution in [3.8, 4) is 0 Å². The zero-order valence-corrected chi connectivity index (χ0v) is 9.96. The summed E-state index contributed by atoms with van der Waals surface area (Å²) in [6.07, 6.45) is 2.17. The van der Waals surface area contributed by atoms with Crippen molar-refractivity contribution >= 4 is 5.91 Å². The number of amides is 1. The Kier molecular flexibility index (Phi) is 3.61. The molecule has 4 heteroatoms. The average Bonchev–Trinajstić information content (AvgIpc) is 2.62. The van der Waals surface area contributed by atoms with E-state index >= 15 is 0 Å². The lowest BCUT2D eigenvalue weighted by Crippen LogP contribution is -2.46. The fourth-order valence-corrected chi connectivity index (χ4v) is 2.83. The minimum absolute atomic E-state index is 0.219. The van der Waals surface area contributed by atoms with Crippen LogP contribution < -0.4 is 10.6 Å². The zero-order chi connectivity index (χ0) is 11.5. The van der Waals surface area contributed by atoms with Crippen molar-refractivity contribution in [2.45, 2.75) is 18.9 Å². The Morgan fingerprint density at radius 3 is 3.25 bits per heavy atom. The van der Waals surface area contributed by atoms with Crippen LogP contribution in [0.5, 0.6) is 0 Å². The molecule has 2 saturated heterocycles. The van der Waals surface area contributed by atoms with E-state index in [2.05, 4.69) is 22.1 Å². The van der Waals surface area contributed by atoms with E-state index in [1.165, 1.54) is 5.57 Å². The molecule has 2 aliphatic rings. The summed E-state index contributed by atoms with van der Waals surface area (Å²) in [5.41, 5.74) is 1.20. The number of carbonyl (C=O) groups is 1. The first-order chi connectivity index (χ1) is 7.72. The number of hydrogen-bond acceptors (Lipinski definition) is 3. The highest BCUT2D eigenvalue weighted by molar-refractivity contribution is 5.82. The lowest BCUT2D eigenvalue weighted by molar-refractivity contribution is -0.124. The molecule has 16 heavy (non-hydrogen) atoms. The Bertz CT molecular complexity index is 290. The van der Waals surface area contributed by atoms with Crippen LogP contribution in [0.3, 0.4) is 0 Å². The molecule has 2 rings (SSSR count). The monoisotopic (exact) mass is 223 g/mol. The molecule has 0 radical (unpaired) electrons. The van der Waals surface area contributed by atoms with E-state index in [4.69, 9.17) is 0 Å². The van der Waals surface area contributed by atoms with E-state index in [0.717, 1.165) is 39.0 Å². The third-order valence-electron chi connectivity index (χ3n) is 3.57. The van der Waals surface area contributed by atoms with Crippen LogP contribution in [0.4, 0.5) is 0 Å². The molecule has 0 bridgehead atoms. The summed E-state index contributed by atoms with van der Waals surface area (Å²) in [7, 11) is 1.94. The van der Waals surface area contributed by atoms with Gasteiger partial charge in [0.1, 0.15) is 0 Å². The number of nitrogens with zero attached hydrogens (tertiary/aromatic N) is 1. The van der Waals surface area contributed by atoms with Gasteiger partial charge in [0.05, 0.1) is 5.92 Å². The number of likely N-dealkylation sites (N-methyl/N-ethyl adjacent to an activating group) is 1. The maximum absolute atomic E-state index is 11.6. The van der Waals surface area contributed by atoms with E-state index in [9.17, 15) is 4.79 Å². The molecular weight excluding hydrogens is 202 g/mol. The van der Waals surface area contributed by atoms with Crippen molar-refractivity contribution in [1.82, 2.24) is 15.5 Å². The minimum atomic E-state index is 0.219. The summed E-state index contributed by atoms with van der Waals surface area (Å²) in [5.74, 6) is 0.463. The van der Waals surface area contributed by atoms with Crippen molar-refractivity contribution in [3.63, 3.8) is 0 Å². The molecule has 1 amide bonds. The quantitative estimate of drug-likeness (QED) is 0.658. The Morgan fingerprint density at radius 1 is 1.69 bits per heavy atom. The fourth-order valence-electron chi connectivity index (χ4n) is 2.83. The number of nitrogens with one attached hydrogen (secondary N) is 2. The molecule has 2 heterocycles. The highest BCUT2D eigenvalue weighted by atomic mass is 16.2. The van der Waals surface area contributed by atoms with Gasteiger partial charge in [-0.15, -0.1) is 0 Å². The van der Waals surface area contributed by atoms with Crippen molar-refractivity contribution < 1.29 is 4.79 Å². The lowest BCUT2D eigenvalue weighted by Gasteiger charge is -2.36. The summed E-state index contributed by atoms with van der Waals surface area (Å²) in [6, 6.07) is 0.398. The van der Waals surface area contributed by atoms with Gasteiger partial charge in [-0.1, -0.05) is 6.58 Å². The number of rotatable bonds is 4. The van der Waals surface area contributed by atoms with E-state index in [1.807, 2.05) is 7.05 Å². The van der Waals surface area contributed by atoms with Gasteiger partial charge in [-0.25, -0.2) is 0 Å². The van der Waals surface area contributed by atoms with E-state index in [-0.39, 0.29) is 11.8 Å². The van der Waals surface area contributed by atoms with Crippen LogP contribution in [0, 0.1) is 5.92 Å². The van der Waals surface area contributed by atoms with Gasteiger partial charge in [-0.3, -0.25) is 9.69 Å². The molecule has 2 atom stereocenters. The maximum Gasteiger partial charge on any atom is 0.224 e. The third-order valence-corrected chi connectivity index (χ3v) is 3.57. The van der Waals surface area contributed by atoms with Gasteiger partial charge in [0.2, 0.25) is 5.91 Å². The molecule has 2 N–H and O–H groups in total. The predicted octanol–water partition coefficient (Wildman–Crippen LogP) is -0.0276. The summed E-state index contributed by atoms with van der Waals surface area (Å²) >= 11 is 0. The van der Waals surface area contributed by atoms with Crippen molar-refractivity contribution in [3.05, 3.63) is 12.2 Å². The lowest BCUT2D eigenvalue weighted by atomic mass is 9.91. The van der Waals surface area contributed by atoms with Gasteiger partial charge < -0.3 is 10.6 Å². The first kappa shape index (κ1) is 11.6. The molecule has 0 aromatic carbocycles. The minimum Gasteiger partial charge on any atom is -0.354 e. The number of fused-ring (bicyclic) bond motifs is 1. The zero-order valence-electron chi connectivity index (χ0n) is 9.96. The summed E-state index contributed by atoms with van der Waals surface area (Å²) < 4.78 is 0. The Morgan fingerprint density at radius 2 is 2.50 bits per heavy atom. The normalized spacial score (nSPS) is 29.9. The Hall–Kier alpha value is -0.870. The first-order valence-electron chi connectivity index (χ1n) is 6.05. The van der Waals surface area contributed by atoms with Crippen LogP contribution in [-0.2, 0) is 4.79 Å². The second-order valence-electron chi connectivity index (χ2n) is 4.81. The van der Waals surface area contributed by atoms with Crippen LogP contribution in [0.15, 0.2) is 12.2 Å². The highest BCUT2D eigenvalue weighted by Gasteiger charge is 2.40. The van der Waals surface area contributed by atoms with Crippen LogP contribution >= 0.6 is 0 Å². The summed E-state index contributed by atoms with van der Waals surface area (Å²) in [4.78, 5) is 14.0. The van der Waals surface area contributed by atoms with Crippen molar-refractivity contribution in [2.24, 2.45) is 5.92 Å². The van der Waals surface area contributed by atoms with Crippen LogP contribution in [0.2, 0.25) is 0 Å². The summed E-state index contributed by atoms with van der Waals surface area (Å²) in [5, 5.41) is 6.09. The highest BCUT2D eigenvalue weighted by Crippen LogP contribution is 2.27. The number of carbonyl (C=O) groups excluding carboxylic acids is 1. The molecule has 4 nitrogen and oxygen atoms in total. The third kappa shape index (κ3) is 2.28. The number of hydrogen-bond donors (Lipinski definition) is 2. The fraction of sp³-hybridized carbons (Fsp3) is 0.750. The van der Waals surface area contributed by atoms with Crippen LogP contribution in [0.1, 0.15) is 12.8 Å². The Balaban J connectivity index is 1.94. The SMILES string of the molecule is C=C(CNC)CN1CCCC2C(=O)NCC21. The summed E-state index contributed by atoms with van der Waals surface area (Å²) in [6.45, 7) is 7.74. The topological polar surface area (TPSA) is 44.4 Å². The van der Waals surface area contributed by atoms with E-state index < -0.39 is 0 Å². The van der Waals surface area contributed by atoms with Gasteiger partial charge in [0, 0.05) is 25.7 Å². The first-order valence-corrected chi connectivity index (χ1v) is 6.05. The van der Waals surface area contributed by atoms with Gasteiger partial charge in [-0.05, 0) is 32.0 Å². The largest absolute Gasteiger partial charge is 0.354 e. The van der Waals surface area contributed by atoms with Crippen molar-refractivity contribution in [2.75, 3.05) is 33.2 Å². The molecule has 0 aromatic rings. The molecule has 2 fully saturated rings. The molecule has 0 saturated carbocycles. The average molecular weight is 223 g/mol. The number of piperidine rings is 1. The Labute approximate surface area is 97.1 Å². The maximum atomic E-state index is 11.6. The molecule has 90 valence electrons. The van der Waals surface area contributed by atoms with Crippen LogP contribution in [-0.4, -0.2) is 50.1 Å². The smallest absolute Gasteiger partial charge is 0.224 e. The second kappa shape index (κ2) is 4.97. The van der Waals surface area contributed by atoms with Gasteiger partial charge in [0.15, 0.2) is 0 Å². The standard InChI is InChI=1S/C12H21N3O/c1-9(6-13-2)8-15-5-3-4-10-11(15)7-14-12(10)16/h10-11,13H,1,3-8H2,2H3,(H,14,16). The molecule has 0 spiro atoms. The second-order valence-corrected chi connectivity index (χ2v) is 4.81. The molecule has 2 unspecified atom stereocenters. The predicted molar refractivity (Wildman–Crippen MR) is 64.2 cm³/mol. The molecule has 0 aromatic heterocycles. The molecule has 0 aliphatic carbocycles. The van der Waals surface area contributed by atoms with Crippen molar-refractivity contribution in [1.29, 1.82) is 0 Å². The van der Waals surface area contributed by atoms with Gasteiger partial charge in [0.25, 0.3) is 0 Å². The molecular formula is C12H21N3O. The van der Waals surface area contributed by atoms with Gasteiger partial charge in [-0.2, -0.15) is 0 Å². The van der Waals surface area contributed by atoms with E-state index in [1.54, 1.807) is 0 Å². The van der Waals surface area contributed by atoms with E-state index in [0.29, 0.717) is 6.04 Å². The number of likely N-dealkylation sites (tertiary alicyclic amines) is 1. The van der Waals surface area contributed by atoms with Crippen LogP contribution in [0.25, 0.3) is 0 Å². The van der Waals surface area contributed by atoms with Gasteiger partial charge >= 0.3 is 0 Å². The molecule has 2 aliphatic heterocycles.